The van der Waals surface area contributed by atoms with Crippen molar-refractivity contribution >= 4 is 11.6 Å². The first kappa shape index (κ1) is 18.3. The third kappa shape index (κ3) is 4.36. The van der Waals surface area contributed by atoms with Crippen LogP contribution < -0.4 is 10.2 Å². The van der Waals surface area contributed by atoms with Crippen LogP contribution in [0.4, 0.5) is 18.9 Å². The Morgan fingerprint density at radius 3 is 2.31 bits per heavy atom. The largest absolute Gasteiger partial charge is 0.417 e. The fourth-order valence-electron chi connectivity index (χ4n) is 3.19. The SMILES string of the molecule is O=C(NCCc1ccc(N2CCCC2)cc1)c1ccccc1C(F)(F)F. The number of benzene rings is 2. The molecular formula is C20H21F3N2O. The van der Waals surface area contributed by atoms with Crippen molar-refractivity contribution in [3.63, 3.8) is 0 Å². The summed E-state index contributed by atoms with van der Waals surface area (Å²) in [5, 5.41) is 2.58. The normalized spacial score (nSPS) is 14.5. The van der Waals surface area contributed by atoms with Crippen LogP contribution in [0.5, 0.6) is 0 Å². The molecule has 0 aliphatic carbocycles. The van der Waals surface area contributed by atoms with E-state index in [1.165, 1.54) is 36.7 Å². The molecule has 6 heteroatoms. The predicted molar refractivity (Wildman–Crippen MR) is 95.4 cm³/mol. The van der Waals surface area contributed by atoms with Gasteiger partial charge in [0.2, 0.25) is 0 Å². The summed E-state index contributed by atoms with van der Waals surface area (Å²) in [6.07, 6.45) is -1.54. The number of amides is 1. The van der Waals surface area contributed by atoms with E-state index < -0.39 is 17.6 Å². The number of rotatable bonds is 5. The van der Waals surface area contributed by atoms with E-state index >= 15 is 0 Å². The van der Waals surface area contributed by atoms with E-state index in [9.17, 15) is 18.0 Å². The second-order valence-electron chi connectivity index (χ2n) is 6.41. The highest BCUT2D eigenvalue weighted by atomic mass is 19.4. The number of alkyl halides is 3. The monoisotopic (exact) mass is 362 g/mol. The maximum atomic E-state index is 13.0. The van der Waals surface area contributed by atoms with Crippen LogP contribution in [0.2, 0.25) is 0 Å². The molecule has 0 bridgehead atoms. The van der Waals surface area contributed by atoms with Crippen LogP contribution in [0.1, 0.15) is 34.3 Å². The van der Waals surface area contributed by atoms with Crippen molar-refractivity contribution in [2.75, 3.05) is 24.5 Å². The van der Waals surface area contributed by atoms with Crippen LogP contribution in [0.3, 0.4) is 0 Å². The second kappa shape index (κ2) is 7.81. The molecule has 1 N–H and O–H groups in total. The van der Waals surface area contributed by atoms with E-state index in [4.69, 9.17) is 0 Å². The van der Waals surface area contributed by atoms with Crippen LogP contribution in [0.15, 0.2) is 48.5 Å². The van der Waals surface area contributed by atoms with Gasteiger partial charge in [0, 0.05) is 25.3 Å². The summed E-state index contributed by atoms with van der Waals surface area (Å²) in [6.45, 7) is 2.44. The van der Waals surface area contributed by atoms with Gasteiger partial charge in [0.1, 0.15) is 0 Å². The quantitative estimate of drug-likeness (QED) is 0.861. The number of carbonyl (C=O) groups excluding carboxylic acids is 1. The van der Waals surface area contributed by atoms with Gasteiger partial charge < -0.3 is 10.2 Å². The molecule has 2 aromatic rings. The molecule has 0 aromatic heterocycles. The topological polar surface area (TPSA) is 32.3 Å². The third-order valence-electron chi connectivity index (χ3n) is 4.58. The van der Waals surface area contributed by atoms with Crippen LogP contribution >= 0.6 is 0 Å². The molecule has 1 saturated heterocycles. The second-order valence-corrected chi connectivity index (χ2v) is 6.41. The molecule has 1 aliphatic rings. The van der Waals surface area contributed by atoms with Gasteiger partial charge in [-0.2, -0.15) is 13.2 Å². The van der Waals surface area contributed by atoms with Gasteiger partial charge in [-0.3, -0.25) is 4.79 Å². The average Bonchev–Trinajstić information content (AvgIpc) is 3.16. The van der Waals surface area contributed by atoms with Gasteiger partial charge in [-0.25, -0.2) is 0 Å². The summed E-state index contributed by atoms with van der Waals surface area (Å²) >= 11 is 0. The maximum absolute atomic E-state index is 13.0. The third-order valence-corrected chi connectivity index (χ3v) is 4.58. The molecule has 1 heterocycles. The highest BCUT2D eigenvalue weighted by Gasteiger charge is 2.34. The highest BCUT2D eigenvalue weighted by molar-refractivity contribution is 5.95. The molecule has 1 amide bonds. The lowest BCUT2D eigenvalue weighted by Crippen LogP contribution is -2.28. The van der Waals surface area contributed by atoms with Gasteiger partial charge in [-0.15, -0.1) is 0 Å². The number of halogens is 3. The van der Waals surface area contributed by atoms with Gasteiger partial charge in [-0.05, 0) is 49.1 Å². The summed E-state index contributed by atoms with van der Waals surface area (Å²) in [5.41, 5.74) is 0.976. The minimum atomic E-state index is -4.54. The van der Waals surface area contributed by atoms with Crippen molar-refractivity contribution in [2.45, 2.75) is 25.4 Å². The number of nitrogens with zero attached hydrogens (tertiary/aromatic N) is 1. The Kier molecular flexibility index (Phi) is 5.49. The Balaban J connectivity index is 1.56. The minimum Gasteiger partial charge on any atom is -0.372 e. The van der Waals surface area contributed by atoms with E-state index in [1.807, 2.05) is 12.1 Å². The van der Waals surface area contributed by atoms with Gasteiger partial charge in [0.05, 0.1) is 11.1 Å². The summed E-state index contributed by atoms with van der Waals surface area (Å²) in [6, 6.07) is 13.0. The minimum absolute atomic E-state index is 0.286. The lowest BCUT2D eigenvalue weighted by molar-refractivity contribution is -0.137. The van der Waals surface area contributed by atoms with Crippen molar-refractivity contribution in [3.8, 4) is 0 Å². The molecule has 138 valence electrons. The molecule has 0 atom stereocenters. The molecule has 1 fully saturated rings. The van der Waals surface area contributed by atoms with Crippen LogP contribution in [-0.2, 0) is 12.6 Å². The Labute approximate surface area is 150 Å². The predicted octanol–water partition coefficient (Wildman–Crippen LogP) is 4.28. The standard InChI is InChI=1S/C20H21F3N2O/c21-20(22,23)18-6-2-1-5-17(18)19(26)24-12-11-15-7-9-16(10-8-15)25-13-3-4-14-25/h1-2,5-10H,3-4,11-14H2,(H,24,26). The summed E-state index contributed by atoms with van der Waals surface area (Å²) < 4.78 is 38.9. The average molecular weight is 362 g/mol. The fourth-order valence-corrected chi connectivity index (χ4v) is 3.19. The van der Waals surface area contributed by atoms with Gasteiger partial charge in [0.25, 0.3) is 5.91 Å². The fraction of sp³-hybridized carbons (Fsp3) is 0.350. The molecule has 26 heavy (non-hydrogen) atoms. The zero-order valence-electron chi connectivity index (χ0n) is 14.4. The first-order valence-corrected chi connectivity index (χ1v) is 8.73. The molecule has 0 unspecified atom stereocenters. The first-order chi connectivity index (χ1) is 12.4. The summed E-state index contributed by atoms with van der Waals surface area (Å²) in [5.74, 6) is -0.702. The smallest absolute Gasteiger partial charge is 0.372 e. The molecule has 1 aliphatic heterocycles. The van der Waals surface area contributed by atoms with Crippen molar-refractivity contribution in [1.82, 2.24) is 5.32 Å². The van der Waals surface area contributed by atoms with Crippen LogP contribution in [0.25, 0.3) is 0 Å². The summed E-state index contributed by atoms with van der Waals surface area (Å²) in [4.78, 5) is 14.4. The zero-order valence-corrected chi connectivity index (χ0v) is 14.4. The van der Waals surface area contributed by atoms with Crippen molar-refractivity contribution in [3.05, 3.63) is 65.2 Å². The summed E-state index contributed by atoms with van der Waals surface area (Å²) in [7, 11) is 0. The van der Waals surface area contributed by atoms with Crippen molar-refractivity contribution in [1.29, 1.82) is 0 Å². The van der Waals surface area contributed by atoms with Crippen LogP contribution in [0, 0.1) is 0 Å². The number of carbonyl (C=O) groups is 1. The van der Waals surface area contributed by atoms with Gasteiger partial charge in [-0.1, -0.05) is 24.3 Å². The molecule has 3 nitrogen and oxygen atoms in total. The lowest BCUT2D eigenvalue weighted by atomic mass is 10.1. The molecule has 0 saturated carbocycles. The van der Waals surface area contributed by atoms with Gasteiger partial charge in [0.15, 0.2) is 0 Å². The molecule has 0 spiro atoms. The van der Waals surface area contributed by atoms with E-state index in [0.29, 0.717) is 6.42 Å². The Hall–Kier alpha value is -2.50. The van der Waals surface area contributed by atoms with E-state index in [2.05, 4.69) is 22.3 Å². The molecule has 3 rings (SSSR count). The zero-order chi connectivity index (χ0) is 18.6. The van der Waals surface area contributed by atoms with E-state index in [-0.39, 0.29) is 12.1 Å². The van der Waals surface area contributed by atoms with Crippen molar-refractivity contribution < 1.29 is 18.0 Å². The molecule has 2 aromatic carbocycles. The molecule has 0 radical (unpaired) electrons. The highest BCUT2D eigenvalue weighted by Crippen LogP contribution is 2.31. The van der Waals surface area contributed by atoms with Crippen molar-refractivity contribution in [2.24, 2.45) is 0 Å². The molecular weight excluding hydrogens is 341 g/mol. The van der Waals surface area contributed by atoms with E-state index in [0.717, 1.165) is 24.7 Å². The Bertz CT molecular complexity index is 750. The number of hydrogen-bond acceptors (Lipinski definition) is 2. The lowest BCUT2D eigenvalue weighted by Gasteiger charge is -2.17. The maximum Gasteiger partial charge on any atom is 0.417 e. The number of anilines is 1. The van der Waals surface area contributed by atoms with Gasteiger partial charge >= 0.3 is 6.18 Å². The van der Waals surface area contributed by atoms with Crippen LogP contribution in [-0.4, -0.2) is 25.5 Å². The number of nitrogens with one attached hydrogen (secondary N) is 1. The number of hydrogen-bond donors (Lipinski definition) is 1. The Morgan fingerprint density at radius 1 is 1.00 bits per heavy atom. The van der Waals surface area contributed by atoms with E-state index in [1.54, 1.807) is 0 Å². The Morgan fingerprint density at radius 2 is 1.65 bits per heavy atom. The first-order valence-electron chi connectivity index (χ1n) is 8.73.